The van der Waals surface area contributed by atoms with Gasteiger partial charge in [-0.2, -0.15) is 0 Å². The molecule has 0 saturated carbocycles. The van der Waals surface area contributed by atoms with Crippen molar-refractivity contribution in [1.82, 2.24) is 15.6 Å². The predicted molar refractivity (Wildman–Crippen MR) is 131 cm³/mol. The van der Waals surface area contributed by atoms with Crippen molar-refractivity contribution in [2.75, 3.05) is 25.7 Å². The zero-order chi connectivity index (χ0) is 24.2. The van der Waals surface area contributed by atoms with Crippen molar-refractivity contribution < 1.29 is 19.1 Å². The van der Waals surface area contributed by atoms with E-state index in [9.17, 15) is 9.59 Å². The summed E-state index contributed by atoms with van der Waals surface area (Å²) in [5.41, 5.74) is 2.05. The summed E-state index contributed by atoms with van der Waals surface area (Å²) in [5.74, 6) is 1.41. The van der Waals surface area contributed by atoms with Gasteiger partial charge in [-0.25, -0.2) is 4.98 Å². The van der Waals surface area contributed by atoms with Crippen LogP contribution in [0.1, 0.15) is 58.9 Å². The number of carbonyl (C=O) groups excluding carboxylic acids is 2. The van der Waals surface area contributed by atoms with Gasteiger partial charge in [-0.05, 0) is 63.8 Å². The van der Waals surface area contributed by atoms with Crippen LogP contribution in [0.15, 0.2) is 36.5 Å². The molecule has 2 N–H and O–H groups in total. The minimum atomic E-state index is -0.152. The van der Waals surface area contributed by atoms with E-state index in [1.807, 2.05) is 44.2 Å². The predicted octanol–water partition coefficient (Wildman–Crippen LogP) is 3.09. The lowest BCUT2D eigenvalue weighted by Gasteiger charge is -2.40. The Kier molecular flexibility index (Phi) is 7.36. The van der Waals surface area contributed by atoms with Crippen molar-refractivity contribution in [1.29, 1.82) is 0 Å². The van der Waals surface area contributed by atoms with Crippen LogP contribution in [0.3, 0.4) is 0 Å². The summed E-state index contributed by atoms with van der Waals surface area (Å²) in [6.07, 6.45) is 5.55. The number of methoxy groups -OCH3 is 2. The maximum absolute atomic E-state index is 13.0. The molecule has 8 heteroatoms. The standard InChI is InChI=1S/C26H34N4O4/c1-16(15-33-3)28-25(31)18-8-11-24(27-14-18)30-20-9-10-21(30)13-19(12-20)29-26(32)22-6-5-7-23(34-4)17(22)2/h5-8,11,14,16,19-21H,9-10,12-13,15H2,1-4H3,(H,28,31)(H,29,32)/t16-,19?,20?,21?/m0/s1. The molecule has 2 amide bonds. The minimum Gasteiger partial charge on any atom is -0.496 e. The molecule has 4 rings (SSSR count). The molecule has 3 atom stereocenters. The van der Waals surface area contributed by atoms with E-state index >= 15 is 0 Å². The smallest absolute Gasteiger partial charge is 0.253 e. The van der Waals surface area contributed by atoms with Crippen LogP contribution in [0.2, 0.25) is 0 Å². The molecule has 2 aliphatic rings. The van der Waals surface area contributed by atoms with Gasteiger partial charge in [0.1, 0.15) is 11.6 Å². The normalized spacial score (nSPS) is 22.2. The molecule has 0 radical (unpaired) electrons. The van der Waals surface area contributed by atoms with Gasteiger partial charge in [-0.1, -0.05) is 6.07 Å². The second kappa shape index (κ2) is 10.4. The molecule has 1 aromatic heterocycles. The molecule has 2 fully saturated rings. The number of piperidine rings is 1. The number of ether oxygens (including phenoxy) is 2. The molecule has 1 aromatic carbocycles. The number of hydrogen-bond acceptors (Lipinski definition) is 6. The van der Waals surface area contributed by atoms with Gasteiger partial charge in [0.05, 0.1) is 19.3 Å². The zero-order valence-corrected chi connectivity index (χ0v) is 20.3. The highest BCUT2D eigenvalue weighted by Gasteiger charge is 2.42. The van der Waals surface area contributed by atoms with E-state index in [0.717, 1.165) is 42.8 Å². The lowest BCUT2D eigenvalue weighted by molar-refractivity contribution is 0.0902. The van der Waals surface area contributed by atoms with E-state index in [4.69, 9.17) is 9.47 Å². The maximum Gasteiger partial charge on any atom is 0.253 e. The highest BCUT2D eigenvalue weighted by atomic mass is 16.5. The van der Waals surface area contributed by atoms with Crippen molar-refractivity contribution >= 4 is 17.6 Å². The van der Waals surface area contributed by atoms with Crippen molar-refractivity contribution in [3.63, 3.8) is 0 Å². The Labute approximate surface area is 201 Å². The third-order valence-electron chi connectivity index (χ3n) is 6.89. The summed E-state index contributed by atoms with van der Waals surface area (Å²) >= 11 is 0. The van der Waals surface area contributed by atoms with Crippen LogP contribution in [0.5, 0.6) is 5.75 Å². The van der Waals surface area contributed by atoms with Gasteiger partial charge < -0.3 is 25.0 Å². The molecule has 0 spiro atoms. The van der Waals surface area contributed by atoms with Crippen molar-refractivity contribution in [3.05, 3.63) is 53.2 Å². The fourth-order valence-corrected chi connectivity index (χ4v) is 5.29. The maximum atomic E-state index is 13.0. The number of nitrogens with zero attached hydrogens (tertiary/aromatic N) is 2. The number of nitrogens with one attached hydrogen (secondary N) is 2. The monoisotopic (exact) mass is 466 g/mol. The van der Waals surface area contributed by atoms with Gasteiger partial charge in [0.25, 0.3) is 11.8 Å². The van der Waals surface area contributed by atoms with E-state index in [1.165, 1.54) is 0 Å². The highest BCUT2D eigenvalue weighted by molar-refractivity contribution is 5.96. The molecule has 2 aliphatic heterocycles. The van der Waals surface area contributed by atoms with E-state index in [2.05, 4.69) is 20.5 Å². The van der Waals surface area contributed by atoms with E-state index in [1.54, 1.807) is 20.4 Å². The Morgan fingerprint density at radius 3 is 2.47 bits per heavy atom. The van der Waals surface area contributed by atoms with Crippen molar-refractivity contribution in [3.8, 4) is 5.75 Å². The summed E-state index contributed by atoms with van der Waals surface area (Å²) in [5, 5.41) is 6.16. The quantitative estimate of drug-likeness (QED) is 0.621. The van der Waals surface area contributed by atoms with Gasteiger partial charge in [-0.3, -0.25) is 9.59 Å². The molecule has 34 heavy (non-hydrogen) atoms. The molecule has 2 unspecified atom stereocenters. The van der Waals surface area contributed by atoms with E-state index in [0.29, 0.717) is 29.8 Å². The molecular weight excluding hydrogens is 432 g/mol. The molecule has 0 aliphatic carbocycles. The van der Waals surface area contributed by atoms with E-state index < -0.39 is 0 Å². The fraction of sp³-hybridized carbons (Fsp3) is 0.500. The number of anilines is 1. The number of pyridine rings is 1. The van der Waals surface area contributed by atoms with Crippen LogP contribution in [-0.2, 0) is 4.74 Å². The second-order valence-corrected chi connectivity index (χ2v) is 9.30. The number of aromatic nitrogens is 1. The summed E-state index contributed by atoms with van der Waals surface area (Å²) in [7, 11) is 3.23. The van der Waals surface area contributed by atoms with Crippen LogP contribution in [0.25, 0.3) is 0 Å². The second-order valence-electron chi connectivity index (χ2n) is 9.30. The van der Waals surface area contributed by atoms with Crippen molar-refractivity contribution in [2.45, 2.75) is 63.7 Å². The topological polar surface area (TPSA) is 92.8 Å². The summed E-state index contributed by atoms with van der Waals surface area (Å²) in [4.78, 5) is 32.4. The Morgan fingerprint density at radius 1 is 1.12 bits per heavy atom. The van der Waals surface area contributed by atoms with Crippen LogP contribution < -0.4 is 20.3 Å². The Bertz CT molecular complexity index is 1010. The third-order valence-corrected chi connectivity index (χ3v) is 6.89. The number of benzene rings is 1. The SMILES string of the molecule is COC[C@H](C)NC(=O)c1ccc(N2C3CCC2CC(NC(=O)c2cccc(OC)c2C)C3)nc1. The van der Waals surface area contributed by atoms with Gasteiger partial charge in [0.2, 0.25) is 0 Å². The first-order chi connectivity index (χ1) is 16.4. The first-order valence-electron chi connectivity index (χ1n) is 11.9. The van der Waals surface area contributed by atoms with Crippen LogP contribution in [-0.4, -0.2) is 61.8 Å². The average Bonchev–Trinajstić information content (AvgIpc) is 3.09. The zero-order valence-electron chi connectivity index (χ0n) is 20.3. The first-order valence-corrected chi connectivity index (χ1v) is 11.9. The first kappa shape index (κ1) is 24.0. The molecule has 2 bridgehead atoms. The summed E-state index contributed by atoms with van der Waals surface area (Å²) in [6.45, 7) is 4.27. The number of amides is 2. The number of rotatable bonds is 8. The van der Waals surface area contributed by atoms with Gasteiger partial charge in [0, 0.05) is 48.6 Å². The van der Waals surface area contributed by atoms with Gasteiger partial charge >= 0.3 is 0 Å². The van der Waals surface area contributed by atoms with Crippen LogP contribution in [0, 0.1) is 6.92 Å². The van der Waals surface area contributed by atoms with Crippen LogP contribution in [0.4, 0.5) is 5.82 Å². The molecule has 2 saturated heterocycles. The molecular formula is C26H34N4O4. The minimum absolute atomic E-state index is 0.0505. The van der Waals surface area contributed by atoms with E-state index in [-0.39, 0.29) is 23.9 Å². The fourth-order valence-electron chi connectivity index (χ4n) is 5.29. The Hall–Kier alpha value is -3.13. The Balaban J connectivity index is 1.39. The third kappa shape index (κ3) is 5.01. The van der Waals surface area contributed by atoms with Crippen molar-refractivity contribution in [2.24, 2.45) is 0 Å². The number of carbonyl (C=O) groups is 2. The van der Waals surface area contributed by atoms with Gasteiger partial charge in [-0.15, -0.1) is 0 Å². The lowest BCUT2D eigenvalue weighted by atomic mass is 9.96. The summed E-state index contributed by atoms with van der Waals surface area (Å²) < 4.78 is 10.4. The Morgan fingerprint density at radius 2 is 1.85 bits per heavy atom. The number of fused-ring (bicyclic) bond motifs is 2. The molecule has 2 aromatic rings. The molecule has 8 nitrogen and oxygen atoms in total. The molecule has 3 heterocycles. The number of hydrogen-bond donors (Lipinski definition) is 2. The lowest BCUT2D eigenvalue weighted by Crippen LogP contribution is -2.50. The average molecular weight is 467 g/mol. The van der Waals surface area contributed by atoms with Crippen LogP contribution >= 0.6 is 0 Å². The molecule has 182 valence electrons. The largest absolute Gasteiger partial charge is 0.496 e. The van der Waals surface area contributed by atoms with Gasteiger partial charge in [0.15, 0.2) is 0 Å². The summed E-state index contributed by atoms with van der Waals surface area (Å²) in [6, 6.07) is 10.0. The highest BCUT2D eigenvalue weighted by Crippen LogP contribution is 2.38.